The van der Waals surface area contributed by atoms with Gasteiger partial charge >= 0.3 is 0 Å². The quantitative estimate of drug-likeness (QED) is 0.615. The van der Waals surface area contributed by atoms with Crippen molar-refractivity contribution >= 4 is 23.3 Å². The lowest BCUT2D eigenvalue weighted by Gasteiger charge is -2.31. The van der Waals surface area contributed by atoms with E-state index < -0.39 is 0 Å². The highest BCUT2D eigenvalue weighted by atomic mass is 35.5. The van der Waals surface area contributed by atoms with E-state index >= 15 is 0 Å². The zero-order chi connectivity index (χ0) is 21.6. The Morgan fingerprint density at radius 2 is 1.84 bits per heavy atom. The Balaban J connectivity index is 1.25. The van der Waals surface area contributed by atoms with E-state index in [1.165, 1.54) is 12.1 Å². The number of piperidine rings is 1. The van der Waals surface area contributed by atoms with Gasteiger partial charge in [0.1, 0.15) is 5.82 Å². The molecule has 0 aliphatic carbocycles. The maximum Gasteiger partial charge on any atom is 0.223 e. The highest BCUT2D eigenvalue weighted by Crippen LogP contribution is 2.24. The average Bonchev–Trinajstić information content (AvgIpc) is 2.80. The summed E-state index contributed by atoms with van der Waals surface area (Å²) in [6.45, 7) is 2.13. The van der Waals surface area contributed by atoms with E-state index in [0.29, 0.717) is 22.8 Å². The number of hydrogen-bond donors (Lipinski definition) is 1. The molecule has 0 spiro atoms. The molecule has 0 atom stereocenters. The predicted octanol–water partition coefficient (Wildman–Crippen LogP) is 4.51. The van der Waals surface area contributed by atoms with Gasteiger partial charge in [0.05, 0.1) is 5.69 Å². The molecule has 0 unspecified atom stereocenters. The van der Waals surface area contributed by atoms with Crippen LogP contribution in [0.5, 0.6) is 0 Å². The summed E-state index contributed by atoms with van der Waals surface area (Å²) in [5.74, 6) is 0.612. The number of benzene rings is 2. The van der Waals surface area contributed by atoms with Gasteiger partial charge in [0.2, 0.25) is 5.91 Å². The van der Waals surface area contributed by atoms with Crippen LogP contribution in [0.1, 0.15) is 18.4 Å². The number of carbonyl (C=O) groups is 1. The van der Waals surface area contributed by atoms with Crippen molar-refractivity contribution in [2.45, 2.75) is 19.3 Å². The van der Waals surface area contributed by atoms with E-state index in [4.69, 9.17) is 11.6 Å². The van der Waals surface area contributed by atoms with Crippen LogP contribution in [0.2, 0.25) is 5.02 Å². The molecule has 0 saturated carbocycles. The van der Waals surface area contributed by atoms with Gasteiger partial charge in [0, 0.05) is 36.1 Å². The van der Waals surface area contributed by atoms with Crippen molar-refractivity contribution < 1.29 is 9.18 Å². The third-order valence-electron chi connectivity index (χ3n) is 5.59. The molecule has 2 aromatic carbocycles. The van der Waals surface area contributed by atoms with Crippen LogP contribution >= 0.6 is 11.6 Å². The Labute approximate surface area is 186 Å². The second-order valence-electron chi connectivity index (χ2n) is 7.72. The highest BCUT2D eigenvalue weighted by Gasteiger charge is 2.25. The summed E-state index contributed by atoms with van der Waals surface area (Å²) in [5, 5.41) is 12.3. The number of amides is 1. The first-order valence-electron chi connectivity index (χ1n) is 10.5. The molecule has 0 radical (unpaired) electrons. The molecule has 1 aromatic heterocycles. The summed E-state index contributed by atoms with van der Waals surface area (Å²) < 4.78 is 13.4. The number of halogens is 2. The van der Waals surface area contributed by atoms with Crippen LogP contribution in [0.3, 0.4) is 0 Å². The molecular weight excluding hydrogens is 415 g/mol. The molecule has 1 aliphatic rings. The number of anilines is 1. The Morgan fingerprint density at radius 3 is 2.52 bits per heavy atom. The molecule has 4 rings (SSSR count). The molecule has 1 fully saturated rings. The van der Waals surface area contributed by atoms with Gasteiger partial charge in [-0.15, -0.1) is 10.2 Å². The second-order valence-corrected chi connectivity index (χ2v) is 8.15. The first kappa shape index (κ1) is 21.2. The minimum Gasteiger partial charge on any atom is -0.356 e. The molecule has 2 heterocycles. The normalized spacial score (nSPS) is 14.5. The summed E-state index contributed by atoms with van der Waals surface area (Å²) >= 11 is 5.90. The van der Waals surface area contributed by atoms with E-state index in [9.17, 15) is 9.18 Å². The molecule has 1 saturated heterocycles. The molecule has 1 N–H and O–H groups in total. The molecule has 0 bridgehead atoms. The van der Waals surface area contributed by atoms with Gasteiger partial charge in [-0.1, -0.05) is 35.9 Å². The molecule has 3 aromatic rings. The van der Waals surface area contributed by atoms with E-state index in [-0.39, 0.29) is 17.6 Å². The molecule has 7 heteroatoms. The van der Waals surface area contributed by atoms with Crippen LogP contribution in [-0.4, -0.2) is 35.7 Å². The summed E-state index contributed by atoms with van der Waals surface area (Å²) in [5.41, 5.74) is 2.49. The van der Waals surface area contributed by atoms with Gasteiger partial charge in [0.15, 0.2) is 5.82 Å². The third-order valence-corrected chi connectivity index (χ3v) is 5.84. The van der Waals surface area contributed by atoms with Crippen molar-refractivity contribution in [3.8, 4) is 11.3 Å². The Hall–Kier alpha value is -2.99. The van der Waals surface area contributed by atoms with Crippen LogP contribution in [0.4, 0.5) is 10.2 Å². The number of nitrogens with zero attached hydrogens (tertiary/aromatic N) is 3. The third kappa shape index (κ3) is 5.58. The standard InChI is InChI=1S/C24H24ClFN4O/c25-20-6-4-17(5-7-20)10-13-27-24(31)18-11-14-30(15-12-18)23-9-8-22(28-29-23)19-2-1-3-21(26)16-19/h1-9,16,18H,10-15H2,(H,27,31). The van der Waals surface area contributed by atoms with Crippen molar-refractivity contribution in [3.05, 3.63) is 77.1 Å². The van der Waals surface area contributed by atoms with Gasteiger partial charge in [-0.3, -0.25) is 4.79 Å². The summed E-state index contributed by atoms with van der Waals surface area (Å²) in [7, 11) is 0. The summed E-state index contributed by atoms with van der Waals surface area (Å²) in [6, 6.07) is 17.8. The van der Waals surface area contributed by atoms with Crippen molar-refractivity contribution in [3.63, 3.8) is 0 Å². The summed E-state index contributed by atoms with van der Waals surface area (Å²) in [4.78, 5) is 14.6. The zero-order valence-electron chi connectivity index (χ0n) is 17.1. The lowest BCUT2D eigenvalue weighted by Crippen LogP contribution is -2.41. The lowest BCUT2D eigenvalue weighted by atomic mass is 9.96. The molecule has 1 amide bonds. The van der Waals surface area contributed by atoms with Crippen LogP contribution in [0, 0.1) is 11.7 Å². The second kappa shape index (κ2) is 9.88. The number of rotatable bonds is 6. The van der Waals surface area contributed by atoms with Gasteiger partial charge in [-0.2, -0.15) is 0 Å². The zero-order valence-corrected chi connectivity index (χ0v) is 17.9. The SMILES string of the molecule is O=C(NCCc1ccc(Cl)cc1)C1CCN(c2ccc(-c3cccc(F)c3)nn2)CC1. The summed E-state index contributed by atoms with van der Waals surface area (Å²) in [6.07, 6.45) is 2.34. The van der Waals surface area contributed by atoms with Gasteiger partial charge in [-0.05, 0) is 61.2 Å². The van der Waals surface area contributed by atoms with Gasteiger partial charge in [0.25, 0.3) is 0 Å². The van der Waals surface area contributed by atoms with E-state index in [2.05, 4.69) is 20.4 Å². The van der Waals surface area contributed by atoms with Crippen molar-refractivity contribution in [2.75, 3.05) is 24.5 Å². The van der Waals surface area contributed by atoms with Crippen molar-refractivity contribution in [1.82, 2.24) is 15.5 Å². The number of carbonyl (C=O) groups excluding carboxylic acids is 1. The average molecular weight is 439 g/mol. The number of aromatic nitrogens is 2. The smallest absolute Gasteiger partial charge is 0.223 e. The van der Waals surface area contributed by atoms with E-state index in [1.807, 2.05) is 42.5 Å². The minimum absolute atomic E-state index is 0.0148. The molecular formula is C24H24ClFN4O. The lowest BCUT2D eigenvalue weighted by molar-refractivity contribution is -0.125. The maximum absolute atomic E-state index is 13.4. The number of hydrogen-bond acceptors (Lipinski definition) is 4. The fraction of sp³-hybridized carbons (Fsp3) is 0.292. The maximum atomic E-state index is 13.4. The van der Waals surface area contributed by atoms with Gasteiger partial charge < -0.3 is 10.2 Å². The van der Waals surface area contributed by atoms with E-state index in [0.717, 1.165) is 43.7 Å². The molecule has 5 nitrogen and oxygen atoms in total. The van der Waals surface area contributed by atoms with Gasteiger partial charge in [-0.25, -0.2) is 4.39 Å². The first-order valence-corrected chi connectivity index (χ1v) is 10.8. The number of nitrogens with one attached hydrogen (secondary N) is 1. The Bertz CT molecular complexity index is 1020. The molecule has 160 valence electrons. The highest BCUT2D eigenvalue weighted by molar-refractivity contribution is 6.30. The van der Waals surface area contributed by atoms with Crippen LogP contribution in [0.25, 0.3) is 11.3 Å². The van der Waals surface area contributed by atoms with Crippen molar-refractivity contribution in [1.29, 1.82) is 0 Å². The monoisotopic (exact) mass is 438 g/mol. The fourth-order valence-electron chi connectivity index (χ4n) is 3.79. The topological polar surface area (TPSA) is 58.1 Å². The largest absolute Gasteiger partial charge is 0.356 e. The fourth-order valence-corrected chi connectivity index (χ4v) is 3.92. The van der Waals surface area contributed by atoms with Crippen LogP contribution in [0.15, 0.2) is 60.7 Å². The predicted molar refractivity (Wildman–Crippen MR) is 121 cm³/mol. The van der Waals surface area contributed by atoms with E-state index in [1.54, 1.807) is 6.07 Å². The van der Waals surface area contributed by atoms with Crippen molar-refractivity contribution in [2.24, 2.45) is 5.92 Å². The van der Waals surface area contributed by atoms with Crippen LogP contribution < -0.4 is 10.2 Å². The Kier molecular flexibility index (Phi) is 6.77. The van der Waals surface area contributed by atoms with Crippen LogP contribution in [-0.2, 0) is 11.2 Å². The Morgan fingerprint density at radius 1 is 1.06 bits per heavy atom. The first-order chi connectivity index (χ1) is 15.1. The molecule has 31 heavy (non-hydrogen) atoms. The minimum atomic E-state index is -0.295. The molecule has 1 aliphatic heterocycles.